The molecule has 0 bridgehead atoms. The lowest BCUT2D eigenvalue weighted by Crippen LogP contribution is -2.41. The molecule has 1 aliphatic carbocycles. The fourth-order valence-electron chi connectivity index (χ4n) is 3.76. The summed E-state index contributed by atoms with van der Waals surface area (Å²) in [6.45, 7) is 8.05. The first-order chi connectivity index (χ1) is 9.20. The van der Waals surface area contributed by atoms with Crippen molar-refractivity contribution in [3.05, 3.63) is 47.0 Å². The third-order valence-electron chi connectivity index (χ3n) is 5.03. The van der Waals surface area contributed by atoms with Crippen LogP contribution in [0.3, 0.4) is 0 Å². The van der Waals surface area contributed by atoms with E-state index in [2.05, 4.69) is 49.1 Å². The minimum Gasteiger partial charge on any atom is -0.300 e. The van der Waals surface area contributed by atoms with Gasteiger partial charge >= 0.3 is 0 Å². The standard InChI is InChI=1S/C18H25N.ClH/c1-15(2)8-12-19-13-10-18(11-14-19)9-7-16-5-3-4-6-17(16)18;/h3-6,8H,7,9-14H2,1-2H3;1H. The highest BCUT2D eigenvalue weighted by atomic mass is 35.5. The van der Waals surface area contributed by atoms with Gasteiger partial charge in [0.2, 0.25) is 0 Å². The largest absolute Gasteiger partial charge is 0.300 e. The molecule has 0 amide bonds. The Morgan fingerprint density at radius 3 is 2.55 bits per heavy atom. The Hall–Kier alpha value is -0.790. The number of allylic oxidation sites excluding steroid dienone is 1. The summed E-state index contributed by atoms with van der Waals surface area (Å²) in [4.78, 5) is 2.61. The first kappa shape index (κ1) is 15.6. The third-order valence-corrected chi connectivity index (χ3v) is 5.03. The molecule has 1 aliphatic heterocycles. The molecule has 1 spiro atoms. The van der Waals surface area contributed by atoms with Crippen molar-refractivity contribution in [3.8, 4) is 0 Å². The lowest BCUT2D eigenvalue weighted by Gasteiger charge is -2.40. The average molecular weight is 292 g/mol. The molecular formula is C18H26ClN. The molecule has 3 rings (SSSR count). The van der Waals surface area contributed by atoms with Gasteiger partial charge < -0.3 is 0 Å². The molecule has 1 nitrogen and oxygen atoms in total. The van der Waals surface area contributed by atoms with Crippen molar-refractivity contribution in [3.63, 3.8) is 0 Å². The normalized spacial score (nSPS) is 20.3. The number of fused-ring (bicyclic) bond motifs is 2. The molecule has 1 heterocycles. The summed E-state index contributed by atoms with van der Waals surface area (Å²) in [6.07, 6.45) is 7.73. The Balaban J connectivity index is 0.00000147. The Kier molecular flexibility index (Phi) is 4.93. The minimum atomic E-state index is 0. The topological polar surface area (TPSA) is 3.24 Å². The second-order valence-electron chi connectivity index (χ2n) is 6.52. The summed E-state index contributed by atoms with van der Waals surface area (Å²) in [5.41, 5.74) is 5.22. The van der Waals surface area contributed by atoms with Crippen molar-refractivity contribution in [2.24, 2.45) is 0 Å². The zero-order valence-corrected chi connectivity index (χ0v) is 13.5. The van der Waals surface area contributed by atoms with Crippen molar-refractivity contribution in [2.75, 3.05) is 19.6 Å². The van der Waals surface area contributed by atoms with E-state index >= 15 is 0 Å². The van der Waals surface area contributed by atoms with Gasteiger partial charge in [-0.15, -0.1) is 12.4 Å². The van der Waals surface area contributed by atoms with E-state index in [1.807, 2.05) is 0 Å². The van der Waals surface area contributed by atoms with Gasteiger partial charge in [0.25, 0.3) is 0 Å². The van der Waals surface area contributed by atoms with Crippen molar-refractivity contribution in [2.45, 2.75) is 44.9 Å². The van der Waals surface area contributed by atoms with E-state index in [9.17, 15) is 0 Å². The molecule has 0 atom stereocenters. The van der Waals surface area contributed by atoms with E-state index in [4.69, 9.17) is 0 Å². The molecule has 0 unspecified atom stereocenters. The van der Waals surface area contributed by atoms with Crippen LogP contribution in [0.1, 0.15) is 44.2 Å². The molecule has 0 N–H and O–H groups in total. The molecule has 1 aromatic rings. The number of aryl methyl sites for hydroxylation is 1. The van der Waals surface area contributed by atoms with Crippen LogP contribution in [-0.4, -0.2) is 24.5 Å². The van der Waals surface area contributed by atoms with Gasteiger partial charge in [0, 0.05) is 6.54 Å². The lowest BCUT2D eigenvalue weighted by molar-refractivity contribution is 0.171. The Morgan fingerprint density at radius 2 is 1.85 bits per heavy atom. The van der Waals surface area contributed by atoms with Crippen LogP contribution < -0.4 is 0 Å². The fourth-order valence-corrected chi connectivity index (χ4v) is 3.76. The summed E-state index contributed by atoms with van der Waals surface area (Å²) < 4.78 is 0. The predicted octanol–water partition coefficient (Wildman–Crippen LogP) is 4.35. The van der Waals surface area contributed by atoms with Crippen LogP contribution in [-0.2, 0) is 11.8 Å². The Morgan fingerprint density at radius 1 is 1.15 bits per heavy atom. The van der Waals surface area contributed by atoms with E-state index < -0.39 is 0 Å². The van der Waals surface area contributed by atoms with Gasteiger partial charge in [0.1, 0.15) is 0 Å². The van der Waals surface area contributed by atoms with Crippen LogP contribution in [0.2, 0.25) is 0 Å². The van der Waals surface area contributed by atoms with Crippen LogP contribution in [0.5, 0.6) is 0 Å². The number of nitrogens with zero attached hydrogens (tertiary/aromatic N) is 1. The molecule has 110 valence electrons. The van der Waals surface area contributed by atoms with Crippen molar-refractivity contribution in [1.29, 1.82) is 0 Å². The number of halogens is 1. The van der Waals surface area contributed by atoms with Gasteiger partial charge in [-0.2, -0.15) is 0 Å². The van der Waals surface area contributed by atoms with Crippen LogP contribution in [0.15, 0.2) is 35.9 Å². The number of rotatable bonds is 2. The number of benzene rings is 1. The third kappa shape index (κ3) is 2.94. The second kappa shape index (κ2) is 6.32. The minimum absolute atomic E-state index is 0. The van der Waals surface area contributed by atoms with Gasteiger partial charge in [-0.25, -0.2) is 0 Å². The van der Waals surface area contributed by atoms with E-state index in [0.29, 0.717) is 5.41 Å². The molecule has 1 fully saturated rings. The summed E-state index contributed by atoms with van der Waals surface area (Å²) >= 11 is 0. The fraction of sp³-hybridized carbons (Fsp3) is 0.556. The average Bonchev–Trinajstić information content (AvgIpc) is 2.78. The number of piperidine rings is 1. The molecule has 2 heteroatoms. The summed E-state index contributed by atoms with van der Waals surface area (Å²) in [7, 11) is 0. The first-order valence-electron chi connectivity index (χ1n) is 7.64. The van der Waals surface area contributed by atoms with Crippen molar-refractivity contribution in [1.82, 2.24) is 4.90 Å². The SMILES string of the molecule is CC(C)=CCN1CCC2(CCc3ccccc32)CC1.Cl. The van der Waals surface area contributed by atoms with Crippen molar-refractivity contribution < 1.29 is 0 Å². The predicted molar refractivity (Wildman–Crippen MR) is 88.8 cm³/mol. The van der Waals surface area contributed by atoms with E-state index in [1.54, 1.807) is 11.1 Å². The van der Waals surface area contributed by atoms with Gasteiger partial charge in [0.15, 0.2) is 0 Å². The smallest absolute Gasteiger partial charge is 0.0165 e. The zero-order chi connectivity index (χ0) is 13.3. The summed E-state index contributed by atoms with van der Waals surface area (Å²) in [5, 5.41) is 0. The Labute approximate surface area is 129 Å². The highest BCUT2D eigenvalue weighted by Crippen LogP contribution is 2.45. The van der Waals surface area contributed by atoms with Gasteiger partial charge in [0.05, 0.1) is 0 Å². The molecule has 1 aromatic carbocycles. The van der Waals surface area contributed by atoms with Crippen LogP contribution in [0.4, 0.5) is 0 Å². The van der Waals surface area contributed by atoms with Crippen LogP contribution in [0.25, 0.3) is 0 Å². The summed E-state index contributed by atoms with van der Waals surface area (Å²) in [6, 6.07) is 9.14. The molecular weight excluding hydrogens is 266 g/mol. The zero-order valence-electron chi connectivity index (χ0n) is 12.7. The molecule has 1 saturated heterocycles. The van der Waals surface area contributed by atoms with Gasteiger partial charge in [-0.1, -0.05) is 35.9 Å². The maximum absolute atomic E-state index is 2.61. The number of hydrogen-bond acceptors (Lipinski definition) is 1. The highest BCUT2D eigenvalue weighted by molar-refractivity contribution is 5.85. The van der Waals surface area contributed by atoms with Crippen molar-refractivity contribution >= 4 is 12.4 Å². The monoisotopic (exact) mass is 291 g/mol. The molecule has 0 saturated carbocycles. The van der Waals surface area contributed by atoms with E-state index in [1.165, 1.54) is 44.3 Å². The van der Waals surface area contributed by atoms with E-state index in [-0.39, 0.29) is 12.4 Å². The molecule has 0 aromatic heterocycles. The molecule has 20 heavy (non-hydrogen) atoms. The second-order valence-corrected chi connectivity index (χ2v) is 6.52. The maximum Gasteiger partial charge on any atom is 0.0165 e. The van der Waals surface area contributed by atoms with Gasteiger partial charge in [-0.3, -0.25) is 4.90 Å². The summed E-state index contributed by atoms with van der Waals surface area (Å²) in [5.74, 6) is 0. The quantitative estimate of drug-likeness (QED) is 0.732. The Bertz CT molecular complexity index is 480. The number of likely N-dealkylation sites (tertiary alicyclic amines) is 1. The van der Waals surface area contributed by atoms with E-state index in [0.717, 1.165) is 6.54 Å². The highest BCUT2D eigenvalue weighted by Gasteiger charge is 2.40. The first-order valence-corrected chi connectivity index (χ1v) is 7.64. The molecule has 2 aliphatic rings. The van der Waals surface area contributed by atoms with Crippen LogP contribution >= 0.6 is 12.4 Å². The maximum atomic E-state index is 2.61. The van der Waals surface area contributed by atoms with Crippen LogP contribution in [0, 0.1) is 0 Å². The molecule has 0 radical (unpaired) electrons. The van der Waals surface area contributed by atoms with Gasteiger partial charge in [-0.05, 0) is 69.2 Å². The lowest BCUT2D eigenvalue weighted by atomic mass is 9.74. The number of hydrogen-bond donors (Lipinski definition) is 0.